The lowest BCUT2D eigenvalue weighted by molar-refractivity contribution is -0.125. The summed E-state index contributed by atoms with van der Waals surface area (Å²) in [5.74, 6) is -0.348. The van der Waals surface area contributed by atoms with E-state index in [2.05, 4.69) is 0 Å². The van der Waals surface area contributed by atoms with Crippen molar-refractivity contribution in [2.24, 2.45) is 0 Å². The van der Waals surface area contributed by atoms with E-state index in [-0.39, 0.29) is 11.7 Å². The minimum Gasteiger partial charge on any atom is -0.391 e. The molecule has 2 aromatic rings. The Hall–Kier alpha value is -1.98. The Morgan fingerprint density at radius 3 is 2.86 bits per heavy atom. The quantitative estimate of drug-likeness (QED) is 0.884. The number of benzene rings is 1. The molecular formula is C17H16FNO2S. The molecule has 0 bridgehead atoms. The summed E-state index contributed by atoms with van der Waals surface area (Å²) >= 11 is 1.44. The Morgan fingerprint density at radius 1 is 1.32 bits per heavy atom. The van der Waals surface area contributed by atoms with Crippen LogP contribution in [-0.4, -0.2) is 35.1 Å². The van der Waals surface area contributed by atoms with Crippen LogP contribution >= 0.6 is 11.3 Å². The summed E-state index contributed by atoms with van der Waals surface area (Å²) in [5, 5.41) is 9.44. The predicted molar refractivity (Wildman–Crippen MR) is 86.0 cm³/mol. The SMILES string of the molecule is O=C(C=Cc1ccc(-c2ccccc2F)s1)N1CC[C@@H](O)C1. The number of rotatable bonds is 3. The molecule has 1 aromatic carbocycles. The van der Waals surface area contributed by atoms with Gasteiger partial charge in [-0.25, -0.2) is 4.39 Å². The molecule has 1 aliphatic heterocycles. The van der Waals surface area contributed by atoms with Gasteiger partial charge in [0.15, 0.2) is 0 Å². The van der Waals surface area contributed by atoms with Crippen LogP contribution in [0.15, 0.2) is 42.5 Å². The van der Waals surface area contributed by atoms with Crippen molar-refractivity contribution in [1.29, 1.82) is 0 Å². The van der Waals surface area contributed by atoms with Crippen molar-refractivity contribution in [2.75, 3.05) is 13.1 Å². The monoisotopic (exact) mass is 317 g/mol. The molecule has 1 aliphatic rings. The summed E-state index contributed by atoms with van der Waals surface area (Å²) in [6.07, 6.45) is 3.47. The molecule has 0 unspecified atom stereocenters. The fraction of sp³-hybridized carbons (Fsp3) is 0.235. The van der Waals surface area contributed by atoms with Gasteiger partial charge in [0, 0.05) is 34.5 Å². The van der Waals surface area contributed by atoms with Gasteiger partial charge < -0.3 is 10.0 Å². The fourth-order valence-electron chi connectivity index (χ4n) is 2.45. The molecule has 0 radical (unpaired) electrons. The second kappa shape index (κ2) is 6.42. The van der Waals surface area contributed by atoms with Gasteiger partial charge in [-0.1, -0.05) is 18.2 Å². The van der Waals surface area contributed by atoms with Crippen LogP contribution in [0.2, 0.25) is 0 Å². The summed E-state index contributed by atoms with van der Waals surface area (Å²) in [6, 6.07) is 10.4. The van der Waals surface area contributed by atoms with Gasteiger partial charge in [0.2, 0.25) is 5.91 Å². The van der Waals surface area contributed by atoms with Crippen molar-refractivity contribution in [3.05, 3.63) is 53.2 Å². The average Bonchev–Trinajstić information content (AvgIpc) is 3.14. The number of halogens is 1. The number of β-amino-alcohol motifs (C(OH)–C–C–N with tert-alkyl or cyclic N) is 1. The Balaban J connectivity index is 1.71. The van der Waals surface area contributed by atoms with Gasteiger partial charge in [0.1, 0.15) is 5.82 Å². The molecule has 22 heavy (non-hydrogen) atoms. The second-order valence-corrected chi connectivity index (χ2v) is 6.36. The highest BCUT2D eigenvalue weighted by molar-refractivity contribution is 7.16. The Bertz CT molecular complexity index is 710. The van der Waals surface area contributed by atoms with E-state index in [1.165, 1.54) is 23.5 Å². The maximum absolute atomic E-state index is 13.7. The molecule has 0 aliphatic carbocycles. The summed E-state index contributed by atoms with van der Waals surface area (Å²) in [4.78, 5) is 15.3. The van der Waals surface area contributed by atoms with Crippen LogP contribution in [-0.2, 0) is 4.79 Å². The third-order valence-corrected chi connectivity index (χ3v) is 4.72. The van der Waals surface area contributed by atoms with Crippen LogP contribution in [0.25, 0.3) is 16.5 Å². The zero-order valence-corrected chi connectivity index (χ0v) is 12.7. The molecule has 0 spiro atoms. The molecule has 3 rings (SSSR count). The first kappa shape index (κ1) is 14.9. The fourth-order valence-corrected chi connectivity index (χ4v) is 3.39. The predicted octanol–water partition coefficient (Wildman–Crippen LogP) is 3.16. The Morgan fingerprint density at radius 2 is 2.14 bits per heavy atom. The third kappa shape index (κ3) is 3.26. The van der Waals surface area contributed by atoms with Gasteiger partial charge in [-0.3, -0.25) is 4.79 Å². The van der Waals surface area contributed by atoms with Crippen LogP contribution in [0.4, 0.5) is 4.39 Å². The standard InChI is InChI=1S/C17H16FNO2S/c18-15-4-2-1-3-14(15)16-7-5-13(22-16)6-8-17(21)19-10-9-12(20)11-19/h1-8,12,20H,9-11H2/t12-/m1/s1. The number of nitrogens with zero attached hydrogens (tertiary/aromatic N) is 1. The molecule has 5 heteroatoms. The van der Waals surface area contributed by atoms with Gasteiger partial charge in [-0.15, -0.1) is 11.3 Å². The van der Waals surface area contributed by atoms with Gasteiger partial charge in [0.05, 0.1) is 6.10 Å². The number of carbonyl (C=O) groups excluding carboxylic acids is 1. The lowest BCUT2D eigenvalue weighted by Gasteiger charge is -2.11. The first-order valence-corrected chi connectivity index (χ1v) is 7.95. The average molecular weight is 317 g/mol. The molecule has 114 valence electrons. The third-order valence-electron chi connectivity index (χ3n) is 3.63. The topological polar surface area (TPSA) is 40.5 Å². The lowest BCUT2D eigenvalue weighted by atomic mass is 10.2. The smallest absolute Gasteiger partial charge is 0.246 e. The Labute approximate surface area is 132 Å². The number of thiophene rings is 1. The minimum atomic E-state index is -0.410. The molecule has 1 atom stereocenters. The molecule has 1 fully saturated rings. The van der Waals surface area contributed by atoms with Crippen LogP contribution < -0.4 is 0 Å². The number of amides is 1. The van der Waals surface area contributed by atoms with Crippen molar-refractivity contribution in [2.45, 2.75) is 12.5 Å². The van der Waals surface area contributed by atoms with Crippen LogP contribution in [0.3, 0.4) is 0 Å². The van der Waals surface area contributed by atoms with Crippen molar-refractivity contribution < 1.29 is 14.3 Å². The maximum Gasteiger partial charge on any atom is 0.246 e. The van der Waals surface area contributed by atoms with E-state index in [0.717, 1.165) is 9.75 Å². The van der Waals surface area contributed by atoms with Crippen molar-refractivity contribution in [3.63, 3.8) is 0 Å². The molecule has 1 aromatic heterocycles. The molecular weight excluding hydrogens is 301 g/mol. The van der Waals surface area contributed by atoms with Gasteiger partial charge in [0.25, 0.3) is 0 Å². The van der Waals surface area contributed by atoms with Crippen molar-refractivity contribution in [3.8, 4) is 10.4 Å². The van der Waals surface area contributed by atoms with E-state index >= 15 is 0 Å². The second-order valence-electron chi connectivity index (χ2n) is 5.24. The largest absolute Gasteiger partial charge is 0.391 e. The molecule has 2 heterocycles. The maximum atomic E-state index is 13.7. The lowest BCUT2D eigenvalue weighted by Crippen LogP contribution is -2.27. The van der Waals surface area contributed by atoms with Gasteiger partial charge in [-0.2, -0.15) is 0 Å². The van der Waals surface area contributed by atoms with E-state index in [4.69, 9.17) is 0 Å². The molecule has 1 N–H and O–H groups in total. The number of likely N-dealkylation sites (tertiary alicyclic amines) is 1. The van der Waals surface area contributed by atoms with Gasteiger partial charge in [-0.05, 0) is 30.7 Å². The highest BCUT2D eigenvalue weighted by Gasteiger charge is 2.22. The normalized spacial score (nSPS) is 18.3. The number of hydrogen-bond donors (Lipinski definition) is 1. The summed E-state index contributed by atoms with van der Waals surface area (Å²) < 4.78 is 13.7. The van der Waals surface area contributed by atoms with E-state index in [1.807, 2.05) is 12.1 Å². The van der Waals surface area contributed by atoms with Crippen molar-refractivity contribution >= 4 is 23.3 Å². The van der Waals surface area contributed by atoms with Crippen molar-refractivity contribution in [1.82, 2.24) is 4.90 Å². The summed E-state index contributed by atoms with van der Waals surface area (Å²) in [7, 11) is 0. The zero-order valence-electron chi connectivity index (χ0n) is 11.9. The van der Waals surface area contributed by atoms with Gasteiger partial charge >= 0.3 is 0 Å². The number of hydrogen-bond acceptors (Lipinski definition) is 3. The number of aliphatic hydroxyl groups excluding tert-OH is 1. The number of aliphatic hydroxyl groups is 1. The van der Waals surface area contributed by atoms with E-state index < -0.39 is 6.10 Å². The summed E-state index contributed by atoms with van der Waals surface area (Å²) in [6.45, 7) is 0.989. The highest BCUT2D eigenvalue weighted by atomic mass is 32.1. The minimum absolute atomic E-state index is 0.0996. The van der Waals surface area contributed by atoms with Crippen LogP contribution in [0.1, 0.15) is 11.3 Å². The first-order valence-electron chi connectivity index (χ1n) is 7.13. The van der Waals surface area contributed by atoms with E-state index in [9.17, 15) is 14.3 Å². The molecule has 0 saturated carbocycles. The molecule has 3 nitrogen and oxygen atoms in total. The summed E-state index contributed by atoms with van der Waals surface area (Å²) in [5.41, 5.74) is 0.571. The molecule has 1 saturated heterocycles. The van der Waals surface area contributed by atoms with Crippen LogP contribution in [0.5, 0.6) is 0 Å². The highest BCUT2D eigenvalue weighted by Crippen LogP contribution is 2.30. The Kier molecular flexibility index (Phi) is 4.36. The molecule has 1 amide bonds. The van der Waals surface area contributed by atoms with E-state index in [0.29, 0.717) is 25.1 Å². The van der Waals surface area contributed by atoms with Crippen LogP contribution in [0, 0.1) is 5.82 Å². The zero-order chi connectivity index (χ0) is 15.5. The van der Waals surface area contributed by atoms with E-state index in [1.54, 1.807) is 29.2 Å². The number of carbonyl (C=O) groups is 1. The first-order chi connectivity index (χ1) is 10.6.